The summed E-state index contributed by atoms with van der Waals surface area (Å²) in [5.74, 6) is 0.822. The fraction of sp³-hybridized carbons (Fsp3) is 1.00. The lowest BCUT2D eigenvalue weighted by molar-refractivity contribution is 0.0734. The summed E-state index contributed by atoms with van der Waals surface area (Å²) in [5, 5.41) is 3.86. The number of hydrogen-bond acceptors (Lipinski definition) is 2. The standard InChI is InChI=1S/C17H36N2/c1-6-11-18-16(14-15(4)7-2)17(5,8-3)19-12-9-10-13-19/h15-16,18H,6-14H2,1-5H3. The molecular formula is C17H36N2. The van der Waals surface area contributed by atoms with E-state index in [1.165, 1.54) is 51.6 Å². The molecule has 0 bridgehead atoms. The second-order valence-electron chi connectivity index (χ2n) is 6.66. The van der Waals surface area contributed by atoms with Gasteiger partial charge in [0.15, 0.2) is 0 Å². The number of nitrogens with zero attached hydrogens (tertiary/aromatic N) is 1. The number of hydrogen-bond donors (Lipinski definition) is 1. The molecule has 2 heteroatoms. The first-order valence-corrected chi connectivity index (χ1v) is 8.56. The van der Waals surface area contributed by atoms with Crippen molar-refractivity contribution in [2.45, 2.75) is 84.7 Å². The van der Waals surface area contributed by atoms with Crippen molar-refractivity contribution in [1.82, 2.24) is 10.2 Å². The van der Waals surface area contributed by atoms with Crippen molar-refractivity contribution < 1.29 is 0 Å². The molecule has 0 aromatic carbocycles. The van der Waals surface area contributed by atoms with Crippen LogP contribution in [0.1, 0.15) is 73.1 Å². The maximum absolute atomic E-state index is 3.86. The molecule has 1 aliphatic heterocycles. The Hall–Kier alpha value is -0.0800. The highest BCUT2D eigenvalue weighted by molar-refractivity contribution is 4.98. The van der Waals surface area contributed by atoms with E-state index < -0.39 is 0 Å². The summed E-state index contributed by atoms with van der Waals surface area (Å²) < 4.78 is 0. The SMILES string of the molecule is CCCNC(CC(C)CC)C(C)(CC)N1CCCC1. The zero-order valence-electron chi connectivity index (χ0n) is 14.0. The van der Waals surface area contributed by atoms with E-state index in [2.05, 4.69) is 44.8 Å². The van der Waals surface area contributed by atoms with Crippen molar-refractivity contribution >= 4 is 0 Å². The minimum absolute atomic E-state index is 0.342. The number of nitrogens with one attached hydrogen (secondary N) is 1. The molecule has 3 unspecified atom stereocenters. The molecule has 0 amide bonds. The molecule has 0 aromatic rings. The van der Waals surface area contributed by atoms with Crippen LogP contribution in [0.2, 0.25) is 0 Å². The van der Waals surface area contributed by atoms with E-state index >= 15 is 0 Å². The highest BCUT2D eigenvalue weighted by Gasteiger charge is 2.39. The Balaban J connectivity index is 2.77. The van der Waals surface area contributed by atoms with Crippen LogP contribution in [0.5, 0.6) is 0 Å². The van der Waals surface area contributed by atoms with Gasteiger partial charge in [-0.1, -0.05) is 34.1 Å². The third kappa shape index (κ3) is 4.46. The molecule has 1 aliphatic rings. The molecular weight excluding hydrogens is 232 g/mol. The van der Waals surface area contributed by atoms with Crippen LogP contribution in [-0.2, 0) is 0 Å². The first-order chi connectivity index (χ1) is 9.08. The van der Waals surface area contributed by atoms with Crippen molar-refractivity contribution in [3.63, 3.8) is 0 Å². The van der Waals surface area contributed by atoms with Gasteiger partial charge in [0.05, 0.1) is 0 Å². The van der Waals surface area contributed by atoms with Gasteiger partial charge in [-0.05, 0) is 64.6 Å². The molecule has 3 atom stereocenters. The van der Waals surface area contributed by atoms with Crippen molar-refractivity contribution in [2.24, 2.45) is 5.92 Å². The predicted molar refractivity (Wildman–Crippen MR) is 85.7 cm³/mol. The second-order valence-corrected chi connectivity index (χ2v) is 6.66. The Kier molecular flexibility index (Phi) is 7.38. The summed E-state index contributed by atoms with van der Waals surface area (Å²) in [7, 11) is 0. The van der Waals surface area contributed by atoms with Crippen LogP contribution < -0.4 is 5.32 Å². The van der Waals surface area contributed by atoms with Gasteiger partial charge in [-0.2, -0.15) is 0 Å². The molecule has 1 saturated heterocycles. The lowest BCUT2D eigenvalue weighted by Gasteiger charge is -2.46. The number of rotatable bonds is 9. The van der Waals surface area contributed by atoms with Crippen LogP contribution in [0, 0.1) is 5.92 Å². The summed E-state index contributed by atoms with van der Waals surface area (Å²) in [6, 6.07) is 0.644. The molecule has 0 saturated carbocycles. The van der Waals surface area contributed by atoms with E-state index in [9.17, 15) is 0 Å². The van der Waals surface area contributed by atoms with Gasteiger partial charge in [0.1, 0.15) is 0 Å². The molecule has 0 aliphatic carbocycles. The molecule has 19 heavy (non-hydrogen) atoms. The van der Waals surface area contributed by atoms with Gasteiger partial charge in [-0.25, -0.2) is 0 Å². The Labute approximate surface area is 121 Å². The van der Waals surface area contributed by atoms with Gasteiger partial charge in [0.25, 0.3) is 0 Å². The largest absolute Gasteiger partial charge is 0.312 e. The van der Waals surface area contributed by atoms with Crippen LogP contribution in [-0.4, -0.2) is 36.1 Å². The van der Waals surface area contributed by atoms with Gasteiger partial charge in [0, 0.05) is 11.6 Å². The van der Waals surface area contributed by atoms with Crippen LogP contribution in [0.4, 0.5) is 0 Å². The average molecular weight is 268 g/mol. The van der Waals surface area contributed by atoms with E-state index in [-0.39, 0.29) is 0 Å². The predicted octanol–water partition coefficient (Wildman–Crippen LogP) is 4.06. The van der Waals surface area contributed by atoms with Crippen molar-refractivity contribution in [2.75, 3.05) is 19.6 Å². The Morgan fingerprint density at radius 2 is 1.79 bits per heavy atom. The maximum atomic E-state index is 3.86. The quantitative estimate of drug-likeness (QED) is 0.678. The summed E-state index contributed by atoms with van der Waals surface area (Å²) >= 11 is 0. The Bertz CT molecular complexity index is 235. The second kappa shape index (κ2) is 8.26. The van der Waals surface area contributed by atoms with E-state index in [0.29, 0.717) is 11.6 Å². The molecule has 0 radical (unpaired) electrons. The number of likely N-dealkylation sites (tertiary alicyclic amines) is 1. The normalized spacial score (nSPS) is 23.2. The third-order valence-electron chi connectivity index (χ3n) is 5.27. The first kappa shape index (κ1) is 17.0. The fourth-order valence-electron chi connectivity index (χ4n) is 3.36. The van der Waals surface area contributed by atoms with Gasteiger partial charge in [-0.3, -0.25) is 4.90 Å². The lowest BCUT2D eigenvalue weighted by atomic mass is 9.81. The topological polar surface area (TPSA) is 15.3 Å². The monoisotopic (exact) mass is 268 g/mol. The molecule has 1 heterocycles. The smallest absolute Gasteiger partial charge is 0.0331 e. The molecule has 2 nitrogen and oxygen atoms in total. The zero-order valence-corrected chi connectivity index (χ0v) is 14.0. The van der Waals surface area contributed by atoms with Crippen molar-refractivity contribution in [3.05, 3.63) is 0 Å². The van der Waals surface area contributed by atoms with Gasteiger partial charge < -0.3 is 5.32 Å². The van der Waals surface area contributed by atoms with Crippen LogP contribution in [0.25, 0.3) is 0 Å². The average Bonchev–Trinajstić information content (AvgIpc) is 2.96. The van der Waals surface area contributed by atoms with E-state index in [1.54, 1.807) is 0 Å². The molecule has 1 rings (SSSR count). The fourth-order valence-corrected chi connectivity index (χ4v) is 3.36. The van der Waals surface area contributed by atoms with Gasteiger partial charge in [-0.15, -0.1) is 0 Å². The Morgan fingerprint density at radius 1 is 1.16 bits per heavy atom. The van der Waals surface area contributed by atoms with Crippen molar-refractivity contribution in [1.29, 1.82) is 0 Å². The molecule has 1 N–H and O–H groups in total. The van der Waals surface area contributed by atoms with E-state index in [0.717, 1.165) is 12.5 Å². The molecule has 0 spiro atoms. The third-order valence-corrected chi connectivity index (χ3v) is 5.27. The minimum Gasteiger partial charge on any atom is -0.312 e. The molecule has 114 valence electrons. The Morgan fingerprint density at radius 3 is 2.26 bits per heavy atom. The van der Waals surface area contributed by atoms with Crippen LogP contribution >= 0.6 is 0 Å². The summed E-state index contributed by atoms with van der Waals surface area (Å²) in [5.41, 5.74) is 0.342. The van der Waals surface area contributed by atoms with Crippen LogP contribution in [0.15, 0.2) is 0 Å². The first-order valence-electron chi connectivity index (χ1n) is 8.56. The maximum Gasteiger partial charge on any atom is 0.0331 e. The lowest BCUT2D eigenvalue weighted by Crippen LogP contribution is -2.59. The zero-order chi connectivity index (χ0) is 14.3. The summed E-state index contributed by atoms with van der Waals surface area (Å²) in [6.45, 7) is 15.6. The van der Waals surface area contributed by atoms with E-state index in [4.69, 9.17) is 0 Å². The minimum atomic E-state index is 0.342. The van der Waals surface area contributed by atoms with E-state index in [1.807, 2.05) is 0 Å². The van der Waals surface area contributed by atoms with Crippen LogP contribution in [0.3, 0.4) is 0 Å². The highest BCUT2D eigenvalue weighted by Crippen LogP contribution is 2.31. The van der Waals surface area contributed by atoms with Gasteiger partial charge in [0.2, 0.25) is 0 Å². The molecule has 0 aromatic heterocycles. The van der Waals surface area contributed by atoms with Gasteiger partial charge >= 0.3 is 0 Å². The summed E-state index contributed by atoms with van der Waals surface area (Å²) in [6.07, 6.45) is 7.88. The molecule has 1 fully saturated rings. The summed E-state index contributed by atoms with van der Waals surface area (Å²) in [4.78, 5) is 2.75. The van der Waals surface area contributed by atoms with Crippen molar-refractivity contribution in [3.8, 4) is 0 Å². The highest BCUT2D eigenvalue weighted by atomic mass is 15.2.